The monoisotopic (exact) mass is 181 g/mol. The van der Waals surface area contributed by atoms with Gasteiger partial charge in [0.15, 0.2) is 0 Å². The number of H-pyrrole nitrogens is 1. The van der Waals surface area contributed by atoms with Crippen LogP contribution in [0.4, 0.5) is 0 Å². The van der Waals surface area contributed by atoms with Gasteiger partial charge in [-0.3, -0.25) is 4.79 Å². The van der Waals surface area contributed by atoms with E-state index in [1.165, 1.54) is 0 Å². The van der Waals surface area contributed by atoms with Crippen molar-refractivity contribution in [2.75, 3.05) is 6.54 Å². The van der Waals surface area contributed by atoms with Crippen LogP contribution in [0, 0.1) is 0 Å². The Balaban J connectivity index is 2.50. The molecule has 13 heavy (non-hydrogen) atoms. The highest BCUT2D eigenvalue weighted by Crippen LogP contribution is 1.92. The van der Waals surface area contributed by atoms with E-state index in [0.717, 1.165) is 5.56 Å². The van der Waals surface area contributed by atoms with Crippen molar-refractivity contribution in [2.45, 2.75) is 19.5 Å². The minimum absolute atomic E-state index is 0.0697. The van der Waals surface area contributed by atoms with E-state index in [-0.39, 0.29) is 11.6 Å². The Bertz CT molecular complexity index is 308. The molecule has 1 heterocycles. The molecule has 0 bridgehead atoms. The molecule has 4 N–H and O–H groups in total. The lowest BCUT2D eigenvalue weighted by Crippen LogP contribution is -2.32. The molecular formula is C9H15N3O. The summed E-state index contributed by atoms with van der Waals surface area (Å²) in [6.45, 7) is 3.29. The van der Waals surface area contributed by atoms with E-state index in [1.54, 1.807) is 12.3 Å². The highest BCUT2D eigenvalue weighted by atomic mass is 16.1. The number of pyridine rings is 1. The van der Waals surface area contributed by atoms with Gasteiger partial charge in [-0.1, -0.05) is 0 Å². The van der Waals surface area contributed by atoms with E-state index in [2.05, 4.69) is 10.3 Å². The summed E-state index contributed by atoms with van der Waals surface area (Å²) in [4.78, 5) is 13.5. The van der Waals surface area contributed by atoms with Crippen molar-refractivity contribution in [2.24, 2.45) is 5.73 Å². The summed E-state index contributed by atoms with van der Waals surface area (Å²) in [5.74, 6) is 0. The zero-order chi connectivity index (χ0) is 9.68. The van der Waals surface area contributed by atoms with E-state index in [0.29, 0.717) is 13.1 Å². The van der Waals surface area contributed by atoms with Gasteiger partial charge in [-0.05, 0) is 18.6 Å². The molecule has 4 heteroatoms. The lowest BCUT2D eigenvalue weighted by atomic mass is 10.2. The second-order valence-electron chi connectivity index (χ2n) is 3.08. The van der Waals surface area contributed by atoms with E-state index in [4.69, 9.17) is 5.73 Å². The minimum atomic E-state index is -0.0697. The summed E-state index contributed by atoms with van der Waals surface area (Å²) in [7, 11) is 0. The van der Waals surface area contributed by atoms with Crippen LogP contribution in [0.25, 0.3) is 0 Å². The average molecular weight is 181 g/mol. The largest absolute Gasteiger partial charge is 0.329 e. The van der Waals surface area contributed by atoms with Crippen molar-refractivity contribution in [1.29, 1.82) is 0 Å². The molecule has 0 aliphatic carbocycles. The van der Waals surface area contributed by atoms with Crippen molar-refractivity contribution in [3.63, 3.8) is 0 Å². The van der Waals surface area contributed by atoms with Gasteiger partial charge < -0.3 is 16.0 Å². The average Bonchev–Trinajstić information content (AvgIpc) is 2.14. The Kier molecular flexibility index (Phi) is 3.67. The Hall–Kier alpha value is -1.13. The van der Waals surface area contributed by atoms with E-state index in [9.17, 15) is 4.79 Å². The van der Waals surface area contributed by atoms with Crippen LogP contribution in [-0.4, -0.2) is 17.6 Å². The second kappa shape index (κ2) is 4.79. The Morgan fingerprint density at radius 3 is 3.08 bits per heavy atom. The molecule has 0 fully saturated rings. The molecule has 0 amide bonds. The topological polar surface area (TPSA) is 70.9 Å². The first-order valence-corrected chi connectivity index (χ1v) is 4.33. The predicted molar refractivity (Wildman–Crippen MR) is 52.4 cm³/mol. The maximum absolute atomic E-state index is 10.9. The van der Waals surface area contributed by atoms with Crippen LogP contribution < -0.4 is 16.6 Å². The van der Waals surface area contributed by atoms with Crippen LogP contribution in [-0.2, 0) is 6.54 Å². The SMILES string of the molecule is CC(CN)NCc1cc[nH]c(=O)c1. The molecule has 0 aromatic carbocycles. The number of aromatic amines is 1. The molecule has 72 valence electrons. The Morgan fingerprint density at radius 2 is 2.46 bits per heavy atom. The molecular weight excluding hydrogens is 166 g/mol. The van der Waals surface area contributed by atoms with E-state index < -0.39 is 0 Å². The fourth-order valence-corrected chi connectivity index (χ4v) is 0.974. The van der Waals surface area contributed by atoms with Crippen LogP contribution >= 0.6 is 0 Å². The molecule has 1 atom stereocenters. The highest BCUT2D eigenvalue weighted by Gasteiger charge is 1.98. The highest BCUT2D eigenvalue weighted by molar-refractivity contribution is 5.09. The van der Waals surface area contributed by atoms with E-state index >= 15 is 0 Å². The third-order valence-corrected chi connectivity index (χ3v) is 1.85. The summed E-state index contributed by atoms with van der Waals surface area (Å²) in [6, 6.07) is 3.73. The number of hydrogen-bond acceptors (Lipinski definition) is 3. The van der Waals surface area contributed by atoms with Crippen LogP contribution in [0.15, 0.2) is 23.1 Å². The molecule has 1 aromatic rings. The van der Waals surface area contributed by atoms with Crippen molar-refractivity contribution < 1.29 is 0 Å². The number of aromatic nitrogens is 1. The molecule has 0 radical (unpaired) electrons. The van der Waals surface area contributed by atoms with Gasteiger partial charge in [-0.25, -0.2) is 0 Å². The van der Waals surface area contributed by atoms with Crippen molar-refractivity contribution in [3.05, 3.63) is 34.2 Å². The van der Waals surface area contributed by atoms with Crippen molar-refractivity contribution in [1.82, 2.24) is 10.3 Å². The van der Waals surface area contributed by atoms with E-state index in [1.807, 2.05) is 13.0 Å². The number of nitrogens with two attached hydrogens (primary N) is 1. The normalized spacial score (nSPS) is 12.8. The van der Waals surface area contributed by atoms with Gasteiger partial charge in [-0.2, -0.15) is 0 Å². The molecule has 0 spiro atoms. The zero-order valence-electron chi connectivity index (χ0n) is 7.71. The zero-order valence-corrected chi connectivity index (χ0v) is 7.71. The summed E-state index contributed by atoms with van der Waals surface area (Å²) in [6.07, 6.45) is 1.65. The third kappa shape index (κ3) is 3.40. The maximum Gasteiger partial charge on any atom is 0.248 e. The lowest BCUT2D eigenvalue weighted by Gasteiger charge is -2.10. The van der Waals surface area contributed by atoms with Crippen LogP contribution in [0.2, 0.25) is 0 Å². The van der Waals surface area contributed by atoms with Crippen molar-refractivity contribution >= 4 is 0 Å². The number of rotatable bonds is 4. The molecule has 0 aliphatic rings. The molecule has 0 aliphatic heterocycles. The van der Waals surface area contributed by atoms with Crippen LogP contribution in [0.5, 0.6) is 0 Å². The Morgan fingerprint density at radius 1 is 1.69 bits per heavy atom. The van der Waals surface area contributed by atoms with Crippen LogP contribution in [0.1, 0.15) is 12.5 Å². The first-order valence-electron chi connectivity index (χ1n) is 4.33. The quantitative estimate of drug-likeness (QED) is 0.603. The molecule has 1 rings (SSSR count). The summed E-state index contributed by atoms with van der Waals surface area (Å²) < 4.78 is 0. The second-order valence-corrected chi connectivity index (χ2v) is 3.08. The summed E-state index contributed by atoms with van der Waals surface area (Å²) in [5, 5.41) is 3.20. The summed E-state index contributed by atoms with van der Waals surface area (Å²) in [5.41, 5.74) is 6.34. The lowest BCUT2D eigenvalue weighted by molar-refractivity contribution is 0.556. The fourth-order valence-electron chi connectivity index (χ4n) is 0.974. The summed E-state index contributed by atoms with van der Waals surface area (Å²) >= 11 is 0. The van der Waals surface area contributed by atoms with Crippen LogP contribution in [0.3, 0.4) is 0 Å². The standard InChI is InChI=1S/C9H15N3O/c1-7(5-10)12-6-8-2-3-11-9(13)4-8/h2-4,7,12H,5-6,10H2,1H3,(H,11,13). The first-order chi connectivity index (χ1) is 6.22. The maximum atomic E-state index is 10.9. The molecule has 0 saturated carbocycles. The van der Waals surface area contributed by atoms with Gasteiger partial charge in [0.05, 0.1) is 0 Å². The molecule has 0 saturated heterocycles. The fraction of sp³-hybridized carbons (Fsp3) is 0.444. The minimum Gasteiger partial charge on any atom is -0.329 e. The number of nitrogens with one attached hydrogen (secondary N) is 2. The van der Waals surface area contributed by atoms with Crippen molar-refractivity contribution in [3.8, 4) is 0 Å². The van der Waals surface area contributed by atoms with Gasteiger partial charge in [0.1, 0.15) is 0 Å². The van der Waals surface area contributed by atoms with Gasteiger partial charge in [0.2, 0.25) is 5.56 Å². The van der Waals surface area contributed by atoms with Gasteiger partial charge in [-0.15, -0.1) is 0 Å². The van der Waals surface area contributed by atoms with Gasteiger partial charge in [0, 0.05) is 31.4 Å². The molecule has 4 nitrogen and oxygen atoms in total. The first kappa shape index (κ1) is 9.95. The smallest absolute Gasteiger partial charge is 0.248 e. The van der Waals surface area contributed by atoms with Gasteiger partial charge >= 0.3 is 0 Å². The predicted octanol–water partition coefficient (Wildman–Crippen LogP) is -0.188. The van der Waals surface area contributed by atoms with Gasteiger partial charge in [0.25, 0.3) is 0 Å². The third-order valence-electron chi connectivity index (χ3n) is 1.85. The molecule has 1 aromatic heterocycles. The number of hydrogen-bond donors (Lipinski definition) is 3. The molecule has 1 unspecified atom stereocenters. The Labute approximate surface area is 77.2 Å².